The lowest BCUT2D eigenvalue weighted by molar-refractivity contribution is -0.136. The summed E-state index contributed by atoms with van der Waals surface area (Å²) in [5.41, 5.74) is 5.06. The summed E-state index contributed by atoms with van der Waals surface area (Å²) in [4.78, 5) is 25.3. The minimum Gasteiger partial charge on any atom is -0.494 e. The van der Waals surface area contributed by atoms with E-state index in [0.717, 1.165) is 28.7 Å². The zero-order chi connectivity index (χ0) is 24.2. The summed E-state index contributed by atoms with van der Waals surface area (Å²) in [5.74, 6) is -0.903. The maximum absolute atomic E-state index is 11.0. The second-order valence-corrected chi connectivity index (χ2v) is 8.82. The van der Waals surface area contributed by atoms with E-state index in [0.29, 0.717) is 33.8 Å². The Hall–Kier alpha value is -3.68. The van der Waals surface area contributed by atoms with E-state index >= 15 is 0 Å². The van der Waals surface area contributed by atoms with Crippen molar-refractivity contribution in [2.45, 2.75) is 19.4 Å². The van der Waals surface area contributed by atoms with Gasteiger partial charge in [-0.1, -0.05) is 29.8 Å². The molecule has 2 heterocycles. The first-order valence-corrected chi connectivity index (χ1v) is 11.2. The van der Waals surface area contributed by atoms with Gasteiger partial charge in [0, 0.05) is 41.3 Å². The van der Waals surface area contributed by atoms with Crippen molar-refractivity contribution in [3.63, 3.8) is 0 Å². The van der Waals surface area contributed by atoms with Crippen molar-refractivity contribution in [3.05, 3.63) is 88.2 Å². The van der Waals surface area contributed by atoms with E-state index in [4.69, 9.17) is 21.7 Å². The molecule has 7 nitrogen and oxygen atoms in total. The molecule has 8 heteroatoms. The van der Waals surface area contributed by atoms with Gasteiger partial charge < -0.3 is 20.1 Å². The monoisotopic (exact) mass is 476 g/mol. The first-order valence-electron chi connectivity index (χ1n) is 10.8. The third-order valence-electron chi connectivity index (χ3n) is 5.35. The highest BCUT2D eigenvalue weighted by molar-refractivity contribution is 6.31. The van der Waals surface area contributed by atoms with Crippen molar-refractivity contribution >= 4 is 39.9 Å². The minimum atomic E-state index is -0.872. The van der Waals surface area contributed by atoms with Crippen LogP contribution in [0.1, 0.15) is 28.7 Å². The van der Waals surface area contributed by atoms with E-state index in [9.17, 15) is 9.90 Å². The van der Waals surface area contributed by atoms with Crippen LogP contribution in [0.4, 0.5) is 5.69 Å². The number of carboxylic acids is 1. The molecule has 4 rings (SSSR count). The molecule has 0 radical (unpaired) electrons. The van der Waals surface area contributed by atoms with Crippen LogP contribution >= 0.6 is 11.6 Å². The number of nitrogens with zero attached hydrogens (tertiary/aromatic N) is 3. The second kappa shape index (κ2) is 10.1. The number of hydrogen-bond donors (Lipinski definition) is 3. The highest BCUT2D eigenvalue weighted by atomic mass is 35.5. The second-order valence-electron chi connectivity index (χ2n) is 8.38. The fourth-order valence-electron chi connectivity index (χ4n) is 3.84. The molecule has 2 aromatic heterocycles. The van der Waals surface area contributed by atoms with Crippen LogP contribution in [0.3, 0.4) is 0 Å². The third-order valence-corrected chi connectivity index (χ3v) is 5.58. The zero-order valence-electron chi connectivity index (χ0n) is 18.9. The smallest absolute Gasteiger partial charge is 0.303 e. The van der Waals surface area contributed by atoms with Gasteiger partial charge in [0.2, 0.25) is 0 Å². The molecule has 0 saturated heterocycles. The van der Waals surface area contributed by atoms with Crippen LogP contribution in [0.25, 0.3) is 10.9 Å². The van der Waals surface area contributed by atoms with Crippen LogP contribution in [-0.4, -0.2) is 50.9 Å². The number of aromatic nitrogens is 2. The third kappa shape index (κ3) is 5.44. The molecule has 0 spiro atoms. The van der Waals surface area contributed by atoms with Crippen LogP contribution in [0.5, 0.6) is 5.88 Å². The van der Waals surface area contributed by atoms with Gasteiger partial charge in [-0.15, -0.1) is 0 Å². The number of carboxylic acid groups (broad SMARTS) is 1. The Morgan fingerprint density at radius 2 is 1.85 bits per heavy atom. The maximum Gasteiger partial charge on any atom is 0.303 e. The molecule has 0 bridgehead atoms. The lowest BCUT2D eigenvalue weighted by Gasteiger charge is -2.11. The zero-order valence-corrected chi connectivity index (χ0v) is 19.7. The lowest BCUT2D eigenvalue weighted by atomic mass is 10.00. The number of aryl methyl sites for hydroxylation is 1. The molecule has 0 saturated carbocycles. The molecule has 0 atom stereocenters. The SMILES string of the molecule is CN(C)Cc1ccc(N=C(c2cncc(CCC(=O)O)c2)c2c(O)[nH]c3cc(Cl)ccc23)cc1. The fourth-order valence-corrected chi connectivity index (χ4v) is 4.01. The predicted molar refractivity (Wildman–Crippen MR) is 134 cm³/mol. The summed E-state index contributed by atoms with van der Waals surface area (Å²) >= 11 is 6.15. The summed E-state index contributed by atoms with van der Waals surface area (Å²) in [6, 6.07) is 15.1. The molecule has 2 aromatic carbocycles. The largest absolute Gasteiger partial charge is 0.494 e. The summed E-state index contributed by atoms with van der Waals surface area (Å²) < 4.78 is 0. The number of fused-ring (bicyclic) bond motifs is 1. The number of aliphatic carboxylic acids is 1. The fraction of sp³-hybridized carbons (Fsp3) is 0.192. The molecule has 0 unspecified atom stereocenters. The summed E-state index contributed by atoms with van der Waals surface area (Å²) in [6.07, 6.45) is 3.66. The van der Waals surface area contributed by atoms with Gasteiger partial charge >= 0.3 is 5.97 Å². The van der Waals surface area contributed by atoms with Crippen molar-refractivity contribution < 1.29 is 15.0 Å². The molecular weight excluding hydrogens is 452 g/mol. The van der Waals surface area contributed by atoms with Crippen LogP contribution in [-0.2, 0) is 17.8 Å². The molecule has 0 aliphatic carbocycles. The van der Waals surface area contributed by atoms with Crippen molar-refractivity contribution in [1.29, 1.82) is 0 Å². The Bertz CT molecular complexity index is 1360. The molecule has 34 heavy (non-hydrogen) atoms. The number of H-pyrrole nitrogens is 1. The summed E-state index contributed by atoms with van der Waals surface area (Å²) in [6.45, 7) is 0.816. The number of pyridine rings is 1. The number of aromatic amines is 1. The number of aliphatic imine (C=N–C) groups is 1. The van der Waals surface area contributed by atoms with E-state index in [1.807, 2.05) is 50.5 Å². The molecule has 4 aromatic rings. The number of halogens is 1. The van der Waals surface area contributed by atoms with Crippen LogP contribution in [0.2, 0.25) is 5.02 Å². The van der Waals surface area contributed by atoms with E-state index in [1.54, 1.807) is 24.5 Å². The highest BCUT2D eigenvalue weighted by Gasteiger charge is 2.20. The molecule has 0 amide bonds. The number of hydrogen-bond acceptors (Lipinski definition) is 5. The van der Waals surface area contributed by atoms with Gasteiger partial charge in [-0.2, -0.15) is 0 Å². The Morgan fingerprint density at radius 3 is 2.56 bits per heavy atom. The normalized spacial score (nSPS) is 11.9. The molecule has 0 aliphatic heterocycles. The van der Waals surface area contributed by atoms with Gasteiger partial charge in [0.1, 0.15) is 0 Å². The van der Waals surface area contributed by atoms with E-state index in [2.05, 4.69) is 14.9 Å². The molecule has 0 aliphatic rings. The number of nitrogens with one attached hydrogen (secondary N) is 1. The van der Waals surface area contributed by atoms with Crippen LogP contribution in [0.15, 0.2) is 65.9 Å². The predicted octanol–water partition coefficient (Wildman–Crippen LogP) is 5.17. The van der Waals surface area contributed by atoms with Gasteiger partial charge in [-0.3, -0.25) is 9.78 Å². The molecular formula is C26H25ClN4O3. The number of aromatic hydroxyl groups is 1. The van der Waals surface area contributed by atoms with Crippen molar-refractivity contribution in [1.82, 2.24) is 14.9 Å². The van der Waals surface area contributed by atoms with Crippen LogP contribution < -0.4 is 0 Å². The average Bonchev–Trinajstić information content (AvgIpc) is 3.11. The van der Waals surface area contributed by atoms with Gasteiger partial charge in [0.05, 0.1) is 22.5 Å². The average molecular weight is 477 g/mol. The Morgan fingerprint density at radius 1 is 1.09 bits per heavy atom. The summed E-state index contributed by atoms with van der Waals surface area (Å²) in [5, 5.41) is 21.2. The highest BCUT2D eigenvalue weighted by Crippen LogP contribution is 2.33. The Labute approximate surface area is 202 Å². The molecule has 174 valence electrons. The first kappa shape index (κ1) is 23.5. The Kier molecular flexibility index (Phi) is 6.95. The van der Waals surface area contributed by atoms with Gasteiger partial charge in [0.25, 0.3) is 0 Å². The van der Waals surface area contributed by atoms with E-state index < -0.39 is 5.97 Å². The first-order chi connectivity index (χ1) is 16.3. The molecule has 3 N–H and O–H groups in total. The number of benzene rings is 2. The summed E-state index contributed by atoms with van der Waals surface area (Å²) in [7, 11) is 4.03. The van der Waals surface area contributed by atoms with Gasteiger partial charge in [-0.05, 0) is 62.0 Å². The standard InChI is InChI=1S/C26H25ClN4O3/c1-31(2)15-16-3-7-20(8-4-16)29-25(18-11-17(13-28-14-18)5-10-23(32)33)24-21-9-6-19(27)12-22(21)30-26(24)34/h3-4,6-9,11-14,30,34H,5,10,15H2,1-2H3,(H,32,33). The maximum atomic E-state index is 11.0. The Balaban J connectivity index is 1.84. The lowest BCUT2D eigenvalue weighted by Crippen LogP contribution is -2.10. The van der Waals surface area contributed by atoms with Gasteiger partial charge in [-0.25, -0.2) is 4.99 Å². The molecule has 0 fully saturated rings. The van der Waals surface area contributed by atoms with E-state index in [-0.39, 0.29) is 12.3 Å². The quantitative estimate of drug-likeness (QED) is 0.304. The number of rotatable bonds is 8. The van der Waals surface area contributed by atoms with Crippen LogP contribution in [0, 0.1) is 0 Å². The van der Waals surface area contributed by atoms with Crippen molar-refractivity contribution in [3.8, 4) is 5.88 Å². The van der Waals surface area contributed by atoms with Crippen molar-refractivity contribution in [2.75, 3.05) is 14.1 Å². The minimum absolute atomic E-state index is 0.00177. The topological polar surface area (TPSA) is 102 Å². The van der Waals surface area contributed by atoms with Crippen molar-refractivity contribution in [2.24, 2.45) is 4.99 Å². The van der Waals surface area contributed by atoms with E-state index in [1.165, 1.54) is 0 Å². The van der Waals surface area contributed by atoms with Gasteiger partial charge in [0.15, 0.2) is 5.88 Å². The number of carbonyl (C=O) groups is 1.